The Balaban J connectivity index is 1.88. The van der Waals surface area contributed by atoms with Crippen molar-refractivity contribution in [3.8, 4) is 17.2 Å². The zero-order valence-corrected chi connectivity index (χ0v) is 25.3. The van der Waals surface area contributed by atoms with Gasteiger partial charge in [-0.2, -0.15) is 0 Å². The highest BCUT2D eigenvalue weighted by Crippen LogP contribution is 2.34. The van der Waals surface area contributed by atoms with Crippen molar-refractivity contribution < 1.29 is 40.6 Å². The maximum atomic E-state index is 13.3. The zero-order valence-electron chi connectivity index (χ0n) is 20.6. The number of nitrogens with one attached hydrogen (secondary N) is 3. The van der Waals surface area contributed by atoms with E-state index in [0.717, 1.165) is 36.4 Å². The average Bonchev–Trinajstić information content (AvgIpc) is 2.90. The van der Waals surface area contributed by atoms with E-state index in [1.807, 2.05) is 14.2 Å². The third kappa shape index (κ3) is 7.06. The molecule has 0 saturated heterocycles. The number of rotatable bonds is 9. The molecule has 4 aromatic carbocycles. The molecule has 12 nitrogen and oxygen atoms in total. The fourth-order valence-electron chi connectivity index (χ4n) is 3.39. The van der Waals surface area contributed by atoms with Gasteiger partial charge in [0.05, 0.1) is 31.7 Å². The number of phenolic OH excluding ortho intramolecular Hbond substituents is 3. The quantitative estimate of drug-likeness (QED) is 0.128. The maximum Gasteiger partial charge on any atom is 0.262 e. The van der Waals surface area contributed by atoms with Crippen molar-refractivity contribution in [3.63, 3.8) is 0 Å². The van der Waals surface area contributed by atoms with Gasteiger partial charge in [-0.05, 0) is 72.8 Å². The lowest BCUT2D eigenvalue weighted by molar-refractivity contribution is 0.477. The third-order valence-corrected chi connectivity index (χ3v) is 10.1. The van der Waals surface area contributed by atoms with E-state index >= 15 is 0 Å². The van der Waals surface area contributed by atoms with Crippen LogP contribution in [-0.4, -0.2) is 40.6 Å². The molecule has 42 heavy (non-hydrogen) atoms. The second kappa shape index (κ2) is 11.6. The van der Waals surface area contributed by atoms with Gasteiger partial charge in [0.2, 0.25) is 0 Å². The van der Waals surface area contributed by atoms with Gasteiger partial charge in [0.15, 0.2) is 0 Å². The van der Waals surface area contributed by atoms with E-state index < -0.39 is 62.0 Å². The van der Waals surface area contributed by atoms with Crippen LogP contribution < -0.4 is 14.2 Å². The fraction of sp³-hybridized carbons (Fsp3) is 0. The van der Waals surface area contributed by atoms with E-state index in [1.165, 1.54) is 18.2 Å². The smallest absolute Gasteiger partial charge is 0.262 e. The van der Waals surface area contributed by atoms with Gasteiger partial charge < -0.3 is 15.3 Å². The topological polar surface area (TPSA) is 199 Å². The van der Waals surface area contributed by atoms with Crippen LogP contribution in [0.2, 0.25) is 15.1 Å². The Morgan fingerprint density at radius 1 is 0.429 bits per heavy atom. The molecule has 0 bridgehead atoms. The van der Waals surface area contributed by atoms with Crippen LogP contribution in [0.15, 0.2) is 87.5 Å². The number of hydrogen-bond donors (Lipinski definition) is 6. The molecule has 0 aliphatic heterocycles. The first-order chi connectivity index (χ1) is 19.5. The molecule has 0 saturated carbocycles. The summed E-state index contributed by atoms with van der Waals surface area (Å²) in [5.41, 5.74) is -1.16. The lowest BCUT2D eigenvalue weighted by atomic mass is 10.3. The van der Waals surface area contributed by atoms with Crippen molar-refractivity contribution >= 4 is 81.9 Å². The zero-order chi connectivity index (χ0) is 31.0. The first kappa shape index (κ1) is 31.3. The van der Waals surface area contributed by atoms with Gasteiger partial charge >= 0.3 is 0 Å². The van der Waals surface area contributed by atoms with Crippen molar-refractivity contribution in [1.82, 2.24) is 0 Å². The van der Waals surface area contributed by atoms with Gasteiger partial charge in [-0.25, -0.2) is 25.3 Å². The molecule has 0 fully saturated rings. The van der Waals surface area contributed by atoms with Crippen molar-refractivity contribution in [2.24, 2.45) is 0 Å². The maximum absolute atomic E-state index is 13.3. The normalized spacial score (nSPS) is 12.1. The molecule has 0 spiro atoms. The average molecular weight is 695 g/mol. The molecule has 0 radical (unpaired) electrons. The Morgan fingerprint density at radius 2 is 0.667 bits per heavy atom. The number of anilines is 3. The lowest BCUT2D eigenvalue weighted by Crippen LogP contribution is -2.19. The Bertz CT molecular complexity index is 1800. The van der Waals surface area contributed by atoms with Crippen LogP contribution in [0, 0.1) is 0 Å². The van der Waals surface area contributed by atoms with E-state index in [0.29, 0.717) is 18.2 Å². The summed E-state index contributed by atoms with van der Waals surface area (Å²) >= 11 is 17.6. The summed E-state index contributed by atoms with van der Waals surface area (Å²) < 4.78 is 86.0. The Hall–Kier alpha value is -3.60. The Kier molecular flexibility index (Phi) is 8.64. The highest BCUT2D eigenvalue weighted by molar-refractivity contribution is 7.94. The predicted octanol–water partition coefficient (Wildman–Crippen LogP) is 5.17. The van der Waals surface area contributed by atoms with E-state index in [4.69, 9.17) is 34.8 Å². The molecule has 4 aromatic rings. The number of halogens is 3. The molecule has 0 unspecified atom stereocenters. The molecule has 4 rings (SSSR count). The van der Waals surface area contributed by atoms with Gasteiger partial charge in [-0.15, -0.1) is 0 Å². The molecule has 222 valence electrons. The summed E-state index contributed by atoms with van der Waals surface area (Å²) in [4.78, 5) is -2.60. The van der Waals surface area contributed by atoms with Gasteiger partial charge in [-0.3, -0.25) is 14.2 Å². The number of aromatic hydroxyl groups is 3. The molecule has 6 N–H and O–H groups in total. The van der Waals surface area contributed by atoms with Crippen molar-refractivity contribution in [2.75, 3.05) is 14.2 Å². The summed E-state index contributed by atoms with van der Waals surface area (Å²) in [5.74, 6) is -1.60. The van der Waals surface area contributed by atoms with Crippen LogP contribution in [-0.2, 0) is 30.1 Å². The molecule has 0 amide bonds. The van der Waals surface area contributed by atoms with Gasteiger partial charge in [0.25, 0.3) is 30.1 Å². The molecular formula is C24H18Cl3N3O9S3. The van der Waals surface area contributed by atoms with Gasteiger partial charge in [0, 0.05) is 15.1 Å². The lowest BCUT2D eigenvalue weighted by Gasteiger charge is -2.16. The van der Waals surface area contributed by atoms with Crippen molar-refractivity contribution in [3.05, 3.63) is 87.9 Å². The van der Waals surface area contributed by atoms with Crippen molar-refractivity contribution in [2.45, 2.75) is 14.7 Å². The first-order valence-electron chi connectivity index (χ1n) is 11.2. The minimum Gasteiger partial charge on any atom is -0.506 e. The Labute approximate surface area is 255 Å². The van der Waals surface area contributed by atoms with Crippen LogP contribution in [0.5, 0.6) is 17.2 Å². The highest BCUT2D eigenvalue weighted by atomic mass is 35.5. The van der Waals surface area contributed by atoms with E-state index in [2.05, 4.69) is 0 Å². The number of hydrogen-bond acceptors (Lipinski definition) is 9. The molecule has 0 aliphatic rings. The molecular weight excluding hydrogens is 677 g/mol. The van der Waals surface area contributed by atoms with Gasteiger partial charge in [-0.1, -0.05) is 34.8 Å². The first-order valence-corrected chi connectivity index (χ1v) is 16.7. The van der Waals surface area contributed by atoms with Crippen molar-refractivity contribution in [1.29, 1.82) is 0 Å². The number of sulfonamides is 3. The highest BCUT2D eigenvalue weighted by Gasteiger charge is 2.27. The standard InChI is InChI=1S/C24H18Cl3N3O9S3/c25-13-1-4-22(31)19(7-13)28-40(34,35)16-10-17(41(36,37)29-20-8-14(26)2-5-23(20)32)12-18(11-16)42(38,39)30-21-9-15(27)3-6-24(21)33/h1-12,28-33H. The van der Waals surface area contributed by atoms with Crippen LogP contribution in [0.3, 0.4) is 0 Å². The summed E-state index contributed by atoms with van der Waals surface area (Å²) in [6.07, 6.45) is 0. The number of benzene rings is 4. The summed E-state index contributed by atoms with van der Waals surface area (Å²) in [5, 5.41) is 30.3. The van der Waals surface area contributed by atoms with E-state index in [9.17, 15) is 40.6 Å². The van der Waals surface area contributed by atoms with Crippen LogP contribution in [0.1, 0.15) is 0 Å². The molecule has 0 atom stereocenters. The molecule has 0 heterocycles. The predicted molar refractivity (Wildman–Crippen MR) is 158 cm³/mol. The second-order valence-corrected chi connectivity index (χ2v) is 14.8. The van der Waals surface area contributed by atoms with E-state index in [1.54, 1.807) is 0 Å². The molecule has 0 aromatic heterocycles. The van der Waals surface area contributed by atoms with E-state index in [-0.39, 0.29) is 32.1 Å². The Morgan fingerprint density at radius 3 is 0.905 bits per heavy atom. The number of phenols is 3. The monoisotopic (exact) mass is 693 g/mol. The fourth-order valence-corrected chi connectivity index (χ4v) is 7.54. The van der Waals surface area contributed by atoms with Gasteiger partial charge in [0.1, 0.15) is 17.2 Å². The second-order valence-electron chi connectivity index (χ2n) is 8.44. The SMILES string of the molecule is O=S(=O)(Nc1cc(Cl)ccc1O)c1cc(S(=O)(=O)Nc2cc(Cl)ccc2O)cc(S(=O)(=O)Nc2cc(Cl)ccc2O)c1. The minimum atomic E-state index is -4.79. The van der Waals surface area contributed by atoms with Crippen LogP contribution in [0.4, 0.5) is 17.1 Å². The van der Waals surface area contributed by atoms with Crippen LogP contribution >= 0.6 is 34.8 Å². The molecule has 18 heteroatoms. The summed E-state index contributed by atoms with van der Waals surface area (Å²) in [6, 6.07) is 12.3. The largest absolute Gasteiger partial charge is 0.506 e. The minimum absolute atomic E-state index is 0.0427. The van der Waals surface area contributed by atoms with Crippen LogP contribution in [0.25, 0.3) is 0 Å². The molecule has 0 aliphatic carbocycles. The third-order valence-electron chi connectivity index (χ3n) is 5.39. The summed E-state index contributed by atoms with van der Waals surface area (Å²) in [7, 11) is -14.4. The summed E-state index contributed by atoms with van der Waals surface area (Å²) in [6.45, 7) is 0.